The van der Waals surface area contributed by atoms with Crippen LogP contribution in [-0.2, 0) is 0 Å². The summed E-state index contributed by atoms with van der Waals surface area (Å²) in [6.07, 6.45) is 5.74. The SMILES string of the molecule is CC(C)c1cccnc1/C=C/c1csc(N)n1. The number of anilines is 1. The largest absolute Gasteiger partial charge is 0.375 e. The summed E-state index contributed by atoms with van der Waals surface area (Å²) in [7, 11) is 0. The van der Waals surface area contributed by atoms with Crippen molar-refractivity contribution in [1.82, 2.24) is 9.97 Å². The molecule has 0 aliphatic rings. The maximum absolute atomic E-state index is 5.58. The van der Waals surface area contributed by atoms with Crippen LogP contribution < -0.4 is 5.73 Å². The van der Waals surface area contributed by atoms with Gasteiger partial charge >= 0.3 is 0 Å². The Morgan fingerprint density at radius 1 is 1.35 bits per heavy atom. The van der Waals surface area contributed by atoms with Crippen molar-refractivity contribution in [1.29, 1.82) is 0 Å². The first-order valence-corrected chi connectivity index (χ1v) is 6.39. The molecule has 2 N–H and O–H groups in total. The second-order valence-electron chi connectivity index (χ2n) is 4.08. The summed E-state index contributed by atoms with van der Waals surface area (Å²) in [6.45, 7) is 4.32. The van der Waals surface area contributed by atoms with E-state index in [1.165, 1.54) is 16.9 Å². The van der Waals surface area contributed by atoms with Crippen LogP contribution in [0.3, 0.4) is 0 Å². The summed E-state index contributed by atoms with van der Waals surface area (Å²) >= 11 is 1.45. The van der Waals surface area contributed by atoms with Crippen LogP contribution in [-0.4, -0.2) is 9.97 Å². The van der Waals surface area contributed by atoms with E-state index in [0.717, 1.165) is 11.4 Å². The fraction of sp³-hybridized carbons (Fsp3) is 0.231. The summed E-state index contributed by atoms with van der Waals surface area (Å²) in [4.78, 5) is 8.56. The van der Waals surface area contributed by atoms with Crippen LogP contribution >= 0.6 is 11.3 Å². The third-order valence-corrected chi connectivity index (χ3v) is 3.14. The Hall–Kier alpha value is -1.68. The molecule has 0 amide bonds. The van der Waals surface area contributed by atoms with E-state index in [0.29, 0.717) is 11.0 Å². The van der Waals surface area contributed by atoms with E-state index in [4.69, 9.17) is 5.73 Å². The molecule has 0 unspecified atom stereocenters. The minimum atomic E-state index is 0.462. The molecule has 17 heavy (non-hydrogen) atoms. The quantitative estimate of drug-likeness (QED) is 0.901. The van der Waals surface area contributed by atoms with Crippen molar-refractivity contribution in [2.75, 3.05) is 5.73 Å². The van der Waals surface area contributed by atoms with Gasteiger partial charge in [0.15, 0.2) is 5.13 Å². The molecule has 3 nitrogen and oxygen atoms in total. The number of rotatable bonds is 3. The molecule has 4 heteroatoms. The van der Waals surface area contributed by atoms with Crippen LogP contribution in [0.2, 0.25) is 0 Å². The molecule has 0 radical (unpaired) electrons. The van der Waals surface area contributed by atoms with E-state index >= 15 is 0 Å². The van der Waals surface area contributed by atoms with Crippen molar-refractivity contribution in [2.24, 2.45) is 0 Å². The molecule has 0 aliphatic heterocycles. The van der Waals surface area contributed by atoms with Crippen LogP contribution in [0.15, 0.2) is 23.7 Å². The van der Waals surface area contributed by atoms with Gasteiger partial charge in [-0.3, -0.25) is 4.98 Å². The lowest BCUT2D eigenvalue weighted by molar-refractivity contribution is 0.854. The van der Waals surface area contributed by atoms with Crippen molar-refractivity contribution < 1.29 is 0 Å². The van der Waals surface area contributed by atoms with Gasteiger partial charge in [-0.05, 0) is 29.7 Å². The number of nitrogen functional groups attached to an aromatic ring is 1. The molecule has 0 saturated heterocycles. The molecule has 2 rings (SSSR count). The molecule has 2 aromatic heterocycles. The summed E-state index contributed by atoms with van der Waals surface area (Å²) in [5, 5.41) is 2.53. The molecule has 0 saturated carbocycles. The summed E-state index contributed by atoms with van der Waals surface area (Å²) in [5.41, 5.74) is 8.70. The highest BCUT2D eigenvalue weighted by atomic mass is 32.1. The van der Waals surface area contributed by atoms with Crippen LogP contribution in [0.5, 0.6) is 0 Å². The standard InChI is InChI=1S/C13H15N3S/c1-9(2)11-4-3-7-15-12(11)6-5-10-8-17-13(14)16-10/h3-9H,1-2H3,(H2,14,16)/b6-5+. The second kappa shape index (κ2) is 5.10. The van der Waals surface area contributed by atoms with Crippen LogP contribution in [0, 0.1) is 0 Å². The van der Waals surface area contributed by atoms with Crippen molar-refractivity contribution in [2.45, 2.75) is 19.8 Å². The number of aromatic nitrogens is 2. The Balaban J connectivity index is 2.26. The third kappa shape index (κ3) is 2.91. The van der Waals surface area contributed by atoms with E-state index in [2.05, 4.69) is 29.9 Å². The second-order valence-corrected chi connectivity index (χ2v) is 4.97. The maximum atomic E-state index is 5.58. The average Bonchev–Trinajstić information content (AvgIpc) is 2.73. The van der Waals surface area contributed by atoms with Crippen molar-refractivity contribution in [3.05, 3.63) is 40.7 Å². The Morgan fingerprint density at radius 3 is 2.82 bits per heavy atom. The molecule has 0 fully saturated rings. The van der Waals surface area contributed by atoms with Gasteiger partial charge in [0, 0.05) is 11.6 Å². The number of pyridine rings is 1. The Bertz CT molecular complexity index is 529. The molecule has 0 spiro atoms. The van der Waals surface area contributed by atoms with Gasteiger partial charge in [-0.1, -0.05) is 19.9 Å². The summed E-state index contributed by atoms with van der Waals surface area (Å²) < 4.78 is 0. The maximum Gasteiger partial charge on any atom is 0.180 e. The van der Waals surface area contributed by atoms with Gasteiger partial charge in [0.2, 0.25) is 0 Å². The van der Waals surface area contributed by atoms with E-state index in [9.17, 15) is 0 Å². The fourth-order valence-electron chi connectivity index (χ4n) is 1.60. The molecule has 0 aliphatic carbocycles. The van der Waals surface area contributed by atoms with E-state index in [1.54, 1.807) is 6.20 Å². The lowest BCUT2D eigenvalue weighted by atomic mass is 10.0. The molecule has 0 aromatic carbocycles. The van der Waals surface area contributed by atoms with Gasteiger partial charge in [0.1, 0.15) is 0 Å². The Labute approximate surface area is 105 Å². The fourth-order valence-corrected chi connectivity index (χ4v) is 2.13. The number of nitrogens with zero attached hydrogens (tertiary/aromatic N) is 2. The van der Waals surface area contributed by atoms with Gasteiger partial charge in [-0.15, -0.1) is 11.3 Å². The number of hydrogen-bond acceptors (Lipinski definition) is 4. The zero-order valence-corrected chi connectivity index (χ0v) is 10.7. The van der Waals surface area contributed by atoms with E-state index in [1.807, 2.05) is 23.6 Å². The molecule has 2 aromatic rings. The highest BCUT2D eigenvalue weighted by molar-refractivity contribution is 7.13. The minimum Gasteiger partial charge on any atom is -0.375 e. The monoisotopic (exact) mass is 245 g/mol. The Morgan fingerprint density at radius 2 is 2.18 bits per heavy atom. The lowest BCUT2D eigenvalue weighted by Crippen LogP contribution is -1.93. The number of thiazole rings is 1. The molecular formula is C13H15N3S. The topological polar surface area (TPSA) is 51.8 Å². The molecule has 88 valence electrons. The molecule has 0 bridgehead atoms. The van der Waals surface area contributed by atoms with Gasteiger partial charge < -0.3 is 5.73 Å². The predicted molar refractivity (Wildman–Crippen MR) is 73.8 cm³/mol. The minimum absolute atomic E-state index is 0.462. The van der Waals surface area contributed by atoms with Gasteiger partial charge in [0.05, 0.1) is 11.4 Å². The molecular weight excluding hydrogens is 230 g/mol. The van der Waals surface area contributed by atoms with Crippen molar-refractivity contribution >= 4 is 28.6 Å². The first-order chi connectivity index (χ1) is 8.16. The number of nitrogens with two attached hydrogens (primary N) is 1. The van der Waals surface area contributed by atoms with Gasteiger partial charge in [-0.2, -0.15) is 0 Å². The lowest BCUT2D eigenvalue weighted by Gasteiger charge is -2.07. The van der Waals surface area contributed by atoms with Gasteiger partial charge in [-0.25, -0.2) is 4.98 Å². The number of hydrogen-bond donors (Lipinski definition) is 1. The van der Waals surface area contributed by atoms with Crippen LogP contribution in [0.25, 0.3) is 12.2 Å². The van der Waals surface area contributed by atoms with Crippen molar-refractivity contribution in [3.8, 4) is 0 Å². The first-order valence-electron chi connectivity index (χ1n) is 5.51. The molecule has 2 heterocycles. The van der Waals surface area contributed by atoms with E-state index in [-0.39, 0.29) is 0 Å². The van der Waals surface area contributed by atoms with E-state index < -0.39 is 0 Å². The van der Waals surface area contributed by atoms with Crippen LogP contribution in [0.1, 0.15) is 36.7 Å². The average molecular weight is 245 g/mol. The zero-order valence-electron chi connectivity index (χ0n) is 9.92. The zero-order chi connectivity index (χ0) is 12.3. The first kappa shape index (κ1) is 11.8. The smallest absolute Gasteiger partial charge is 0.180 e. The summed E-state index contributed by atoms with van der Waals surface area (Å²) in [5.74, 6) is 0.462. The highest BCUT2D eigenvalue weighted by Crippen LogP contribution is 2.20. The normalized spacial score (nSPS) is 11.5. The Kier molecular flexibility index (Phi) is 3.54. The van der Waals surface area contributed by atoms with Gasteiger partial charge in [0.25, 0.3) is 0 Å². The predicted octanol–water partition coefficient (Wildman–Crippen LogP) is 3.41. The highest BCUT2D eigenvalue weighted by Gasteiger charge is 2.04. The summed E-state index contributed by atoms with van der Waals surface area (Å²) in [6, 6.07) is 4.07. The third-order valence-electron chi connectivity index (χ3n) is 2.44. The van der Waals surface area contributed by atoms with Crippen molar-refractivity contribution in [3.63, 3.8) is 0 Å². The van der Waals surface area contributed by atoms with Crippen LogP contribution in [0.4, 0.5) is 5.13 Å². The molecule has 0 atom stereocenters.